The van der Waals surface area contributed by atoms with Crippen molar-refractivity contribution in [3.63, 3.8) is 0 Å². The van der Waals surface area contributed by atoms with Gasteiger partial charge in [0.2, 0.25) is 17.7 Å². The molecule has 3 aliphatic rings. The zero-order valence-electron chi connectivity index (χ0n) is 33.8. The quantitative estimate of drug-likeness (QED) is 0.140. The van der Waals surface area contributed by atoms with Crippen LogP contribution in [-0.2, 0) is 24.5 Å². The third-order valence-corrected chi connectivity index (χ3v) is 12.1. The predicted octanol–water partition coefficient (Wildman–Crippen LogP) is 6.75. The number of fused-ring (bicyclic) bond motifs is 4. The van der Waals surface area contributed by atoms with Crippen molar-refractivity contribution in [2.45, 2.75) is 96.8 Å². The van der Waals surface area contributed by atoms with Gasteiger partial charge in [-0.15, -0.1) is 0 Å². The second kappa shape index (κ2) is 15.4. The molecule has 4 N–H and O–H groups in total. The molecule has 2 fully saturated rings. The monoisotopic (exact) mass is 761 g/mol. The number of aromatic amines is 1. The Hall–Kier alpha value is -5.23. The zero-order valence-corrected chi connectivity index (χ0v) is 33.8. The molecule has 12 heteroatoms. The maximum absolute atomic E-state index is 13.7. The average Bonchev–Trinajstić information content (AvgIpc) is 3.98. The Balaban J connectivity index is 1.09. The van der Waals surface area contributed by atoms with Gasteiger partial charge in [-0.2, -0.15) is 0 Å². The Morgan fingerprint density at radius 3 is 2.14 bits per heavy atom. The number of carbonyl (C=O) groups is 4. The van der Waals surface area contributed by atoms with Crippen LogP contribution in [0.4, 0.5) is 10.5 Å². The van der Waals surface area contributed by atoms with E-state index in [9.17, 15) is 19.2 Å². The lowest BCUT2D eigenvalue weighted by Crippen LogP contribution is -2.54. The lowest BCUT2D eigenvalue weighted by atomic mass is 9.81. The van der Waals surface area contributed by atoms with Crippen molar-refractivity contribution in [3.05, 3.63) is 71.5 Å². The second-order valence-electron chi connectivity index (χ2n) is 16.7. The fourth-order valence-electron chi connectivity index (χ4n) is 9.00. The lowest BCUT2D eigenvalue weighted by Gasteiger charge is -2.30. The van der Waals surface area contributed by atoms with Crippen LogP contribution >= 0.6 is 0 Å². The summed E-state index contributed by atoms with van der Waals surface area (Å²) in [6, 6.07) is 17.2. The maximum Gasteiger partial charge on any atom is 0.407 e. The Kier molecular flexibility index (Phi) is 10.7. The van der Waals surface area contributed by atoms with Gasteiger partial charge in [0.1, 0.15) is 17.9 Å². The smallest absolute Gasteiger partial charge is 0.407 e. The minimum absolute atomic E-state index is 0.0749. The van der Waals surface area contributed by atoms with Gasteiger partial charge in [-0.25, -0.2) is 9.78 Å². The number of imidazole rings is 1. The topological polar surface area (TPSA) is 149 Å². The molecule has 2 saturated heterocycles. The number of nitrogens with zero attached hydrogens (tertiary/aromatic N) is 3. The van der Waals surface area contributed by atoms with Crippen LogP contribution in [0, 0.1) is 11.8 Å². The van der Waals surface area contributed by atoms with Gasteiger partial charge in [0.05, 0.1) is 30.2 Å². The number of H-pyrrole nitrogens is 1. The number of methoxy groups -OCH3 is 1. The maximum atomic E-state index is 13.7. The molecule has 0 saturated carbocycles. The normalized spacial score (nSPS) is 19.6. The first-order valence-electron chi connectivity index (χ1n) is 20.0. The number of likely N-dealkylation sites (tertiary alicyclic amines) is 2. The van der Waals surface area contributed by atoms with Gasteiger partial charge in [-0.1, -0.05) is 65.8 Å². The molecule has 1 aliphatic carbocycles. The number of ether oxygens (including phenoxy) is 1. The summed E-state index contributed by atoms with van der Waals surface area (Å²) in [6.07, 6.45) is 2.40. The molecule has 0 unspecified atom stereocenters. The number of likely N-dealkylation sites (N-methyl/N-ethyl adjacent to an activating group) is 1. The first-order valence-corrected chi connectivity index (χ1v) is 20.0. The molecule has 0 bridgehead atoms. The number of nitrogens with one attached hydrogen (secondary N) is 4. The highest BCUT2D eigenvalue weighted by Gasteiger charge is 2.40. The first kappa shape index (κ1) is 39.0. The minimum Gasteiger partial charge on any atom is -0.453 e. The minimum atomic E-state index is -0.792. The van der Waals surface area contributed by atoms with Crippen LogP contribution in [0.3, 0.4) is 0 Å². The van der Waals surface area contributed by atoms with Gasteiger partial charge in [0, 0.05) is 24.2 Å². The summed E-state index contributed by atoms with van der Waals surface area (Å²) in [5.74, 6) is 0.441. The van der Waals surface area contributed by atoms with E-state index >= 15 is 0 Å². The average molecular weight is 762 g/mol. The summed E-state index contributed by atoms with van der Waals surface area (Å²) < 4.78 is 4.74. The number of aromatic nitrogens is 2. The molecule has 296 valence electrons. The van der Waals surface area contributed by atoms with Gasteiger partial charge < -0.3 is 35.5 Å². The summed E-state index contributed by atoms with van der Waals surface area (Å²) in [4.78, 5) is 64.8. The second-order valence-corrected chi connectivity index (χ2v) is 16.7. The van der Waals surface area contributed by atoms with Crippen molar-refractivity contribution in [2.24, 2.45) is 11.8 Å². The van der Waals surface area contributed by atoms with Crippen LogP contribution in [0.2, 0.25) is 0 Å². The molecule has 4 aromatic rings. The molecule has 56 heavy (non-hydrogen) atoms. The first-order chi connectivity index (χ1) is 26.7. The molecule has 4 atom stereocenters. The van der Waals surface area contributed by atoms with Crippen LogP contribution in [0.5, 0.6) is 0 Å². The number of anilines is 1. The number of amides is 4. The van der Waals surface area contributed by atoms with E-state index < -0.39 is 18.2 Å². The van der Waals surface area contributed by atoms with Crippen molar-refractivity contribution in [2.75, 3.05) is 32.6 Å². The lowest BCUT2D eigenvalue weighted by molar-refractivity contribution is -0.139. The van der Waals surface area contributed by atoms with E-state index in [1.165, 1.54) is 12.7 Å². The van der Waals surface area contributed by atoms with E-state index in [1.807, 2.05) is 31.9 Å². The summed E-state index contributed by atoms with van der Waals surface area (Å²) in [5, 5.41) is 8.95. The van der Waals surface area contributed by atoms with Gasteiger partial charge in [0.15, 0.2) is 0 Å². The van der Waals surface area contributed by atoms with Gasteiger partial charge in [0.25, 0.3) is 0 Å². The Morgan fingerprint density at radius 1 is 0.821 bits per heavy atom. The molecule has 2 aliphatic heterocycles. The van der Waals surface area contributed by atoms with Gasteiger partial charge in [-0.05, 0) is 108 Å². The highest BCUT2D eigenvalue weighted by Crippen LogP contribution is 2.50. The van der Waals surface area contributed by atoms with E-state index in [0.29, 0.717) is 25.1 Å². The highest BCUT2D eigenvalue weighted by atomic mass is 16.5. The molecule has 3 heterocycles. The number of rotatable bonds is 10. The number of alkyl carbamates (subject to hydrolysis) is 1. The summed E-state index contributed by atoms with van der Waals surface area (Å²) in [6.45, 7) is 13.4. The fraction of sp³-hybridized carbons (Fsp3) is 0.477. The molecule has 12 nitrogen and oxygen atoms in total. The van der Waals surface area contributed by atoms with E-state index in [2.05, 4.69) is 97.2 Å². The molecular weight excluding hydrogens is 707 g/mol. The SMILES string of the molecule is CN[C@H](C(=O)N1CCC[C@H]1c1nc2ccc(-c3ccc4c(c3)C(C)(C)c3cc(NC(=O)[C@@H]5CCCN5C(=O)[C@@H](NC(=O)OC)C(C)C)ccc3-4)cc2[nH]1)C(C)C. The largest absolute Gasteiger partial charge is 0.453 e. The Morgan fingerprint density at radius 2 is 1.45 bits per heavy atom. The molecule has 0 radical (unpaired) electrons. The molecule has 1 aromatic heterocycles. The number of benzene rings is 3. The number of hydrogen-bond donors (Lipinski definition) is 4. The highest BCUT2D eigenvalue weighted by molar-refractivity contribution is 5.99. The standard InChI is InChI=1S/C44H55N7O5/c1-24(2)37(45-7)41(53)50-19-9-11-35(50)39-47-33-18-14-27(22-34(33)48-39)26-13-16-29-30-17-15-28(23-32(30)44(5,6)31(29)21-26)46-40(52)36-12-10-20-51(36)42(54)38(25(3)4)49-43(55)56-8/h13-18,21-25,35-38,45H,9-12,19-20H2,1-8H3,(H,46,52)(H,47,48)(H,49,55)/t35-,36-,37-,38-/m0/s1. The Labute approximate surface area is 329 Å². The summed E-state index contributed by atoms with van der Waals surface area (Å²) in [5.41, 5.74) is 8.93. The van der Waals surface area contributed by atoms with Crippen LogP contribution in [0.25, 0.3) is 33.3 Å². The third kappa shape index (κ3) is 7.04. The predicted molar refractivity (Wildman–Crippen MR) is 218 cm³/mol. The van der Waals surface area contributed by atoms with E-state index in [0.717, 1.165) is 64.1 Å². The van der Waals surface area contributed by atoms with Crippen LogP contribution < -0.4 is 16.0 Å². The number of hydrogen-bond acceptors (Lipinski definition) is 7. The van der Waals surface area contributed by atoms with Crippen molar-refractivity contribution in [3.8, 4) is 22.3 Å². The van der Waals surface area contributed by atoms with Crippen LogP contribution in [0.1, 0.15) is 90.2 Å². The number of carbonyl (C=O) groups excluding carboxylic acids is 4. The van der Waals surface area contributed by atoms with Crippen molar-refractivity contribution in [1.82, 2.24) is 30.4 Å². The molecule has 3 aromatic carbocycles. The van der Waals surface area contributed by atoms with E-state index in [4.69, 9.17) is 9.72 Å². The molecule has 0 spiro atoms. The molecular formula is C44H55N7O5. The molecule has 4 amide bonds. The van der Waals surface area contributed by atoms with Crippen LogP contribution in [0.15, 0.2) is 54.6 Å². The van der Waals surface area contributed by atoms with E-state index in [-0.39, 0.29) is 47.1 Å². The van der Waals surface area contributed by atoms with Gasteiger partial charge in [-0.3, -0.25) is 14.4 Å². The molecule has 7 rings (SSSR count). The summed E-state index contributed by atoms with van der Waals surface area (Å²) in [7, 11) is 3.11. The van der Waals surface area contributed by atoms with E-state index in [1.54, 1.807) is 4.90 Å². The van der Waals surface area contributed by atoms with Crippen molar-refractivity contribution >= 4 is 40.5 Å². The van der Waals surface area contributed by atoms with Crippen LogP contribution in [-0.4, -0.2) is 89.0 Å². The summed E-state index contributed by atoms with van der Waals surface area (Å²) >= 11 is 0. The third-order valence-electron chi connectivity index (χ3n) is 12.1. The van der Waals surface area contributed by atoms with Crippen molar-refractivity contribution in [1.29, 1.82) is 0 Å². The zero-order chi connectivity index (χ0) is 40.1. The van der Waals surface area contributed by atoms with Crippen molar-refractivity contribution < 1.29 is 23.9 Å². The van der Waals surface area contributed by atoms with Gasteiger partial charge >= 0.3 is 6.09 Å². The fourth-order valence-corrected chi connectivity index (χ4v) is 9.00. The Bertz CT molecular complexity index is 2170.